The van der Waals surface area contributed by atoms with E-state index in [0.29, 0.717) is 19.1 Å². The van der Waals surface area contributed by atoms with Crippen molar-refractivity contribution in [3.8, 4) is 0 Å². The molecule has 0 saturated carbocycles. The summed E-state index contributed by atoms with van der Waals surface area (Å²) < 4.78 is 11.8. The van der Waals surface area contributed by atoms with Gasteiger partial charge in [0.2, 0.25) is 5.91 Å². The maximum atomic E-state index is 11.7. The molecule has 2 heterocycles. The fraction of sp³-hybridized carbons (Fsp3) is 0.895. The monoisotopic (exact) mass is 496 g/mol. The first-order valence-corrected chi connectivity index (χ1v) is 10.1. The highest BCUT2D eigenvalue weighted by Crippen LogP contribution is 2.17. The molecule has 2 aliphatic heterocycles. The summed E-state index contributed by atoms with van der Waals surface area (Å²) in [6.07, 6.45) is 6.62. The van der Waals surface area contributed by atoms with Crippen LogP contribution in [0.2, 0.25) is 0 Å². The number of ether oxygens (including phenoxy) is 2. The number of carbonyl (C=O) groups is 1. The van der Waals surface area contributed by atoms with E-state index in [1.807, 2.05) is 13.8 Å². The number of likely N-dealkylation sites (tertiary alicyclic amines) is 1. The molecule has 1 atom stereocenters. The van der Waals surface area contributed by atoms with E-state index in [9.17, 15) is 4.79 Å². The molecule has 2 saturated heterocycles. The molecule has 0 spiro atoms. The molecule has 1 unspecified atom stereocenters. The summed E-state index contributed by atoms with van der Waals surface area (Å²) in [4.78, 5) is 18.3. The van der Waals surface area contributed by atoms with Crippen LogP contribution in [0.5, 0.6) is 0 Å². The van der Waals surface area contributed by atoms with Crippen molar-refractivity contribution in [1.29, 1.82) is 0 Å². The predicted molar refractivity (Wildman–Crippen MR) is 119 cm³/mol. The van der Waals surface area contributed by atoms with Crippen molar-refractivity contribution in [2.45, 2.75) is 70.6 Å². The Balaban J connectivity index is 0.00000364. The van der Waals surface area contributed by atoms with Gasteiger partial charge in [0.05, 0.1) is 18.8 Å². The molecule has 0 aromatic heterocycles. The summed E-state index contributed by atoms with van der Waals surface area (Å²) in [6, 6.07) is 0.180. The standard InChI is InChI=1S/C19H36N4O3.HI/c1-15(2)22-18(24)7-10-21-19(20-3)23-11-8-16(9-12-23)26-14-17-6-4-5-13-25-17;/h15-17H,4-14H2,1-3H3,(H,20,21)(H,22,24);1H. The summed E-state index contributed by atoms with van der Waals surface area (Å²) in [5.74, 6) is 0.941. The van der Waals surface area contributed by atoms with Gasteiger partial charge in [0.1, 0.15) is 0 Å². The number of piperidine rings is 1. The lowest BCUT2D eigenvalue weighted by Crippen LogP contribution is -2.48. The Morgan fingerprint density at radius 1 is 1.26 bits per heavy atom. The van der Waals surface area contributed by atoms with E-state index in [2.05, 4.69) is 20.5 Å². The van der Waals surface area contributed by atoms with Gasteiger partial charge in [-0.2, -0.15) is 0 Å². The smallest absolute Gasteiger partial charge is 0.221 e. The molecule has 158 valence electrons. The van der Waals surface area contributed by atoms with Gasteiger partial charge in [-0.25, -0.2) is 0 Å². The predicted octanol–water partition coefficient (Wildman–Crippen LogP) is 2.14. The second kappa shape index (κ2) is 13.5. The Kier molecular flexibility index (Phi) is 12.3. The molecule has 0 aliphatic carbocycles. The lowest BCUT2D eigenvalue weighted by Gasteiger charge is -2.35. The van der Waals surface area contributed by atoms with Gasteiger partial charge in [-0.1, -0.05) is 0 Å². The third-order valence-electron chi connectivity index (χ3n) is 4.83. The number of halogens is 1. The van der Waals surface area contributed by atoms with Crippen molar-refractivity contribution in [2.75, 3.05) is 39.9 Å². The van der Waals surface area contributed by atoms with Crippen LogP contribution < -0.4 is 10.6 Å². The van der Waals surface area contributed by atoms with Crippen LogP contribution in [-0.4, -0.2) is 74.9 Å². The largest absolute Gasteiger partial charge is 0.376 e. The average Bonchev–Trinajstić information content (AvgIpc) is 2.64. The molecule has 1 amide bonds. The number of amides is 1. The van der Waals surface area contributed by atoms with Crippen molar-refractivity contribution < 1.29 is 14.3 Å². The molecule has 7 nitrogen and oxygen atoms in total. The minimum absolute atomic E-state index is 0. The molecule has 0 aromatic carbocycles. The SMILES string of the molecule is CN=C(NCCC(=O)NC(C)C)N1CCC(OCC2CCCCO2)CC1.I. The first-order chi connectivity index (χ1) is 12.6. The van der Waals surface area contributed by atoms with Crippen LogP contribution in [0.25, 0.3) is 0 Å². The van der Waals surface area contributed by atoms with Crippen LogP contribution in [0.3, 0.4) is 0 Å². The molecule has 27 heavy (non-hydrogen) atoms. The highest BCUT2D eigenvalue weighted by Gasteiger charge is 2.23. The minimum Gasteiger partial charge on any atom is -0.376 e. The second-order valence-corrected chi connectivity index (χ2v) is 7.45. The van der Waals surface area contributed by atoms with E-state index in [1.54, 1.807) is 7.05 Å². The molecule has 2 N–H and O–H groups in total. The number of aliphatic imine (C=N–C) groups is 1. The summed E-state index contributed by atoms with van der Waals surface area (Å²) in [6.45, 7) is 7.99. The molecule has 2 aliphatic rings. The van der Waals surface area contributed by atoms with Crippen LogP contribution in [0.4, 0.5) is 0 Å². The number of rotatable bonds is 7. The third-order valence-corrected chi connectivity index (χ3v) is 4.83. The van der Waals surface area contributed by atoms with E-state index in [-0.39, 0.29) is 42.0 Å². The highest BCUT2D eigenvalue weighted by atomic mass is 127. The molecule has 2 rings (SSSR count). The Hall–Kier alpha value is -0.610. The highest BCUT2D eigenvalue weighted by molar-refractivity contribution is 14.0. The Morgan fingerprint density at radius 3 is 2.59 bits per heavy atom. The molecule has 0 aromatic rings. The van der Waals surface area contributed by atoms with Crippen LogP contribution >= 0.6 is 24.0 Å². The van der Waals surface area contributed by atoms with E-state index in [1.165, 1.54) is 12.8 Å². The molecular weight excluding hydrogens is 459 g/mol. The zero-order chi connectivity index (χ0) is 18.8. The molecular formula is C19H37IN4O3. The van der Waals surface area contributed by atoms with Gasteiger partial charge >= 0.3 is 0 Å². The second-order valence-electron chi connectivity index (χ2n) is 7.45. The van der Waals surface area contributed by atoms with Gasteiger partial charge in [0, 0.05) is 45.8 Å². The van der Waals surface area contributed by atoms with Crippen molar-refractivity contribution in [1.82, 2.24) is 15.5 Å². The number of nitrogens with one attached hydrogen (secondary N) is 2. The Labute approximate surface area is 181 Å². The van der Waals surface area contributed by atoms with Crippen molar-refractivity contribution in [3.63, 3.8) is 0 Å². The summed E-state index contributed by atoms with van der Waals surface area (Å²) in [7, 11) is 1.79. The third kappa shape index (κ3) is 9.43. The van der Waals surface area contributed by atoms with Crippen LogP contribution in [0.15, 0.2) is 4.99 Å². The van der Waals surface area contributed by atoms with Gasteiger partial charge in [-0.05, 0) is 46.0 Å². The first kappa shape index (κ1) is 24.4. The number of hydrogen-bond acceptors (Lipinski definition) is 4. The van der Waals surface area contributed by atoms with Crippen LogP contribution in [0.1, 0.15) is 52.4 Å². The van der Waals surface area contributed by atoms with Crippen LogP contribution in [-0.2, 0) is 14.3 Å². The molecule has 0 radical (unpaired) electrons. The number of hydrogen-bond donors (Lipinski definition) is 2. The molecule has 8 heteroatoms. The lowest BCUT2D eigenvalue weighted by molar-refractivity contribution is -0.121. The van der Waals surface area contributed by atoms with E-state index < -0.39 is 0 Å². The van der Waals surface area contributed by atoms with E-state index in [4.69, 9.17) is 9.47 Å². The first-order valence-electron chi connectivity index (χ1n) is 10.1. The molecule has 2 fully saturated rings. The minimum atomic E-state index is 0. The van der Waals surface area contributed by atoms with Gasteiger partial charge in [-0.3, -0.25) is 9.79 Å². The van der Waals surface area contributed by atoms with Crippen molar-refractivity contribution in [3.05, 3.63) is 0 Å². The average molecular weight is 496 g/mol. The molecule has 0 bridgehead atoms. The fourth-order valence-electron chi connectivity index (χ4n) is 3.43. The Morgan fingerprint density at radius 2 is 2.00 bits per heavy atom. The topological polar surface area (TPSA) is 75.2 Å². The summed E-state index contributed by atoms with van der Waals surface area (Å²) in [5.41, 5.74) is 0. The van der Waals surface area contributed by atoms with Gasteiger partial charge in [0.15, 0.2) is 5.96 Å². The van der Waals surface area contributed by atoms with Crippen molar-refractivity contribution >= 4 is 35.8 Å². The summed E-state index contributed by atoms with van der Waals surface area (Å²) in [5, 5.41) is 6.20. The number of carbonyl (C=O) groups excluding carboxylic acids is 1. The zero-order valence-electron chi connectivity index (χ0n) is 17.0. The number of nitrogens with zero attached hydrogens (tertiary/aromatic N) is 2. The van der Waals surface area contributed by atoms with Gasteiger partial charge in [-0.15, -0.1) is 24.0 Å². The Bertz CT molecular complexity index is 448. The van der Waals surface area contributed by atoms with Crippen molar-refractivity contribution in [2.24, 2.45) is 4.99 Å². The zero-order valence-corrected chi connectivity index (χ0v) is 19.4. The summed E-state index contributed by atoms with van der Waals surface area (Å²) >= 11 is 0. The lowest BCUT2D eigenvalue weighted by atomic mass is 10.1. The van der Waals surface area contributed by atoms with E-state index >= 15 is 0 Å². The van der Waals surface area contributed by atoms with E-state index in [0.717, 1.165) is 51.5 Å². The van der Waals surface area contributed by atoms with Gasteiger partial charge < -0.3 is 25.0 Å². The van der Waals surface area contributed by atoms with Crippen LogP contribution in [0, 0.1) is 0 Å². The maximum absolute atomic E-state index is 11.7. The normalized spacial score (nSPS) is 21.7. The maximum Gasteiger partial charge on any atom is 0.221 e. The number of guanidine groups is 1. The fourth-order valence-corrected chi connectivity index (χ4v) is 3.43. The van der Waals surface area contributed by atoms with Gasteiger partial charge in [0.25, 0.3) is 0 Å². The quantitative estimate of drug-likeness (QED) is 0.321.